The first-order valence-corrected chi connectivity index (χ1v) is 8.09. The first kappa shape index (κ1) is 13.6. The number of fused-ring (bicyclic) bond motifs is 4. The Morgan fingerprint density at radius 3 is 2.79 bits per heavy atom. The summed E-state index contributed by atoms with van der Waals surface area (Å²) in [5.41, 5.74) is 2.08. The van der Waals surface area contributed by atoms with E-state index in [1.807, 2.05) is 36.4 Å². The van der Waals surface area contributed by atoms with Crippen molar-refractivity contribution in [1.82, 2.24) is 14.8 Å². The van der Waals surface area contributed by atoms with E-state index in [4.69, 9.17) is 9.47 Å². The molecule has 118 valence electrons. The second kappa shape index (κ2) is 4.85. The maximum atomic E-state index is 12.7. The Bertz CT molecular complexity index is 1180. The molecule has 0 bridgehead atoms. The van der Waals surface area contributed by atoms with Crippen LogP contribution in [0.25, 0.3) is 27.5 Å². The highest BCUT2D eigenvalue weighted by Gasteiger charge is 2.18. The summed E-state index contributed by atoms with van der Waals surface area (Å²) in [7, 11) is 0. The predicted molar refractivity (Wildman–Crippen MR) is 93.0 cm³/mol. The van der Waals surface area contributed by atoms with Gasteiger partial charge < -0.3 is 9.47 Å². The number of nitrogens with one attached hydrogen (secondary N) is 1. The highest BCUT2D eigenvalue weighted by atomic mass is 79.9. The number of ether oxygens (including phenoxy) is 2. The Hall–Kier alpha value is -2.80. The molecule has 6 nitrogen and oxygen atoms in total. The van der Waals surface area contributed by atoms with E-state index in [0.29, 0.717) is 16.9 Å². The van der Waals surface area contributed by atoms with Crippen molar-refractivity contribution in [2.75, 3.05) is 6.79 Å². The number of rotatable bonds is 1. The zero-order chi connectivity index (χ0) is 16.3. The van der Waals surface area contributed by atoms with Crippen LogP contribution in [0.5, 0.6) is 11.5 Å². The van der Waals surface area contributed by atoms with Gasteiger partial charge in [-0.3, -0.25) is 14.9 Å². The molecule has 0 radical (unpaired) electrons. The molecule has 5 rings (SSSR count). The molecule has 4 aromatic rings. The fourth-order valence-electron chi connectivity index (χ4n) is 2.94. The van der Waals surface area contributed by atoms with Gasteiger partial charge in [-0.25, -0.2) is 4.68 Å². The summed E-state index contributed by atoms with van der Waals surface area (Å²) in [5, 5.41) is 4.54. The minimum atomic E-state index is -0.143. The quantitative estimate of drug-likeness (QED) is 0.547. The minimum Gasteiger partial charge on any atom is -0.454 e. The summed E-state index contributed by atoms with van der Waals surface area (Å²) in [6.07, 6.45) is 1.59. The van der Waals surface area contributed by atoms with E-state index in [1.165, 1.54) is 4.68 Å². The molecule has 0 unspecified atom stereocenters. The third kappa shape index (κ3) is 1.88. The lowest BCUT2D eigenvalue weighted by atomic mass is 10.1. The largest absolute Gasteiger partial charge is 0.454 e. The summed E-state index contributed by atoms with van der Waals surface area (Å²) >= 11 is 3.43. The molecule has 0 spiro atoms. The van der Waals surface area contributed by atoms with Crippen molar-refractivity contribution in [3.05, 3.63) is 57.4 Å². The molecule has 0 fully saturated rings. The van der Waals surface area contributed by atoms with Gasteiger partial charge in [0.1, 0.15) is 0 Å². The standard InChI is InChI=1S/C17H10BrN3O3/c18-9-2-1-3-10(4-9)21-17(22)12-7-19-13-6-15-14(23-8-24-15)5-11(13)16(12)20-21/h1-7,20H,8H2. The van der Waals surface area contributed by atoms with Crippen LogP contribution in [0.3, 0.4) is 0 Å². The van der Waals surface area contributed by atoms with Crippen LogP contribution in [0.4, 0.5) is 0 Å². The van der Waals surface area contributed by atoms with Crippen LogP contribution in [-0.4, -0.2) is 21.6 Å². The molecule has 1 N–H and O–H groups in total. The Morgan fingerprint density at radius 1 is 1.12 bits per heavy atom. The zero-order valence-electron chi connectivity index (χ0n) is 12.2. The van der Waals surface area contributed by atoms with Crippen LogP contribution in [-0.2, 0) is 0 Å². The van der Waals surface area contributed by atoms with E-state index in [-0.39, 0.29) is 12.4 Å². The van der Waals surface area contributed by atoms with Crippen molar-refractivity contribution in [1.29, 1.82) is 0 Å². The average molecular weight is 384 g/mol. The number of benzene rings is 2. The summed E-state index contributed by atoms with van der Waals surface area (Å²) in [5.74, 6) is 1.33. The van der Waals surface area contributed by atoms with Crippen LogP contribution in [0.2, 0.25) is 0 Å². The predicted octanol–water partition coefficient (Wildman–Crippen LogP) is 3.36. The molecular weight excluding hydrogens is 374 g/mol. The molecule has 0 atom stereocenters. The monoisotopic (exact) mass is 383 g/mol. The second-order valence-electron chi connectivity index (χ2n) is 5.50. The van der Waals surface area contributed by atoms with Crippen LogP contribution in [0.15, 0.2) is 51.9 Å². The Kier molecular flexibility index (Phi) is 2.75. The maximum Gasteiger partial charge on any atom is 0.280 e. The number of pyridine rings is 1. The van der Waals surface area contributed by atoms with Gasteiger partial charge in [0.25, 0.3) is 5.56 Å². The van der Waals surface area contributed by atoms with Gasteiger partial charge in [-0.2, -0.15) is 0 Å². The first-order chi connectivity index (χ1) is 11.7. The van der Waals surface area contributed by atoms with Crippen molar-refractivity contribution >= 4 is 37.7 Å². The maximum absolute atomic E-state index is 12.7. The van der Waals surface area contributed by atoms with E-state index in [1.54, 1.807) is 6.20 Å². The van der Waals surface area contributed by atoms with Gasteiger partial charge in [0.2, 0.25) is 6.79 Å². The molecule has 24 heavy (non-hydrogen) atoms. The highest BCUT2D eigenvalue weighted by Crippen LogP contribution is 2.37. The topological polar surface area (TPSA) is 69.1 Å². The van der Waals surface area contributed by atoms with E-state index < -0.39 is 0 Å². The number of H-pyrrole nitrogens is 1. The first-order valence-electron chi connectivity index (χ1n) is 7.30. The molecule has 0 amide bonds. The smallest absolute Gasteiger partial charge is 0.280 e. The zero-order valence-corrected chi connectivity index (χ0v) is 13.8. The fraction of sp³-hybridized carbons (Fsp3) is 0.0588. The van der Waals surface area contributed by atoms with E-state index in [9.17, 15) is 4.79 Å². The minimum absolute atomic E-state index is 0.143. The van der Waals surface area contributed by atoms with Gasteiger partial charge in [-0.1, -0.05) is 22.0 Å². The molecule has 1 aliphatic heterocycles. The SMILES string of the molecule is O=c1c2cnc3cc4c(cc3c2[nH]n1-c1cccc(Br)c1)OCO4. The Labute approximate surface area is 143 Å². The summed E-state index contributed by atoms with van der Waals surface area (Å²) in [6.45, 7) is 0.199. The van der Waals surface area contributed by atoms with Crippen LogP contribution >= 0.6 is 15.9 Å². The molecule has 1 aliphatic rings. The summed E-state index contributed by atoms with van der Waals surface area (Å²) in [4.78, 5) is 17.1. The van der Waals surface area contributed by atoms with Gasteiger partial charge in [0, 0.05) is 22.1 Å². The third-order valence-electron chi connectivity index (χ3n) is 4.09. The van der Waals surface area contributed by atoms with Crippen molar-refractivity contribution in [3.8, 4) is 17.2 Å². The van der Waals surface area contributed by atoms with Crippen LogP contribution in [0, 0.1) is 0 Å². The lowest BCUT2D eigenvalue weighted by molar-refractivity contribution is 0.174. The number of hydrogen-bond acceptors (Lipinski definition) is 4. The van der Waals surface area contributed by atoms with Gasteiger partial charge in [0.05, 0.1) is 22.1 Å². The van der Waals surface area contributed by atoms with Crippen molar-refractivity contribution in [2.24, 2.45) is 0 Å². The normalized spacial score (nSPS) is 13.0. The summed E-state index contributed by atoms with van der Waals surface area (Å²) in [6, 6.07) is 11.2. The van der Waals surface area contributed by atoms with Gasteiger partial charge >= 0.3 is 0 Å². The van der Waals surface area contributed by atoms with Crippen molar-refractivity contribution < 1.29 is 9.47 Å². The summed E-state index contributed by atoms with van der Waals surface area (Å²) < 4.78 is 13.2. The van der Waals surface area contributed by atoms with Crippen molar-refractivity contribution in [3.63, 3.8) is 0 Å². The number of nitrogens with zero attached hydrogens (tertiary/aromatic N) is 2. The van der Waals surface area contributed by atoms with Crippen molar-refractivity contribution in [2.45, 2.75) is 0 Å². The van der Waals surface area contributed by atoms with Gasteiger partial charge in [-0.05, 0) is 24.3 Å². The fourth-order valence-corrected chi connectivity index (χ4v) is 3.33. The van der Waals surface area contributed by atoms with Crippen LogP contribution in [0.1, 0.15) is 0 Å². The molecular formula is C17H10BrN3O3. The molecule has 0 saturated heterocycles. The third-order valence-corrected chi connectivity index (χ3v) is 4.58. The molecule has 0 aliphatic carbocycles. The number of halogens is 1. The molecule has 2 aromatic heterocycles. The van der Waals surface area contributed by atoms with Crippen LogP contribution < -0.4 is 15.0 Å². The van der Waals surface area contributed by atoms with Gasteiger partial charge in [-0.15, -0.1) is 0 Å². The lowest BCUT2D eigenvalue weighted by Gasteiger charge is -2.02. The van der Waals surface area contributed by atoms with E-state index in [0.717, 1.165) is 26.6 Å². The number of aromatic nitrogens is 3. The second-order valence-corrected chi connectivity index (χ2v) is 6.42. The lowest BCUT2D eigenvalue weighted by Crippen LogP contribution is -2.14. The van der Waals surface area contributed by atoms with Gasteiger partial charge in [0.15, 0.2) is 11.5 Å². The molecule has 3 heterocycles. The average Bonchev–Trinajstić information content (AvgIpc) is 3.17. The molecule has 0 saturated carbocycles. The highest BCUT2D eigenvalue weighted by molar-refractivity contribution is 9.10. The van der Waals surface area contributed by atoms with E-state index in [2.05, 4.69) is 26.0 Å². The Morgan fingerprint density at radius 2 is 1.96 bits per heavy atom. The molecule has 7 heteroatoms. The van der Waals surface area contributed by atoms with E-state index >= 15 is 0 Å². The number of hydrogen-bond donors (Lipinski definition) is 1. The number of aromatic amines is 1. The molecule has 2 aromatic carbocycles. The Balaban J connectivity index is 1.84.